The third-order valence-electron chi connectivity index (χ3n) is 4.66. The van der Waals surface area contributed by atoms with E-state index >= 15 is 0 Å². The number of anilines is 1. The number of rotatable bonds is 2. The molecule has 3 rings (SSSR count). The van der Waals surface area contributed by atoms with Crippen molar-refractivity contribution in [3.05, 3.63) is 28.2 Å². The highest BCUT2D eigenvalue weighted by Gasteiger charge is 2.33. The van der Waals surface area contributed by atoms with Gasteiger partial charge in [-0.25, -0.2) is 0 Å². The summed E-state index contributed by atoms with van der Waals surface area (Å²) in [5.41, 5.74) is 8.33. The van der Waals surface area contributed by atoms with E-state index in [-0.39, 0.29) is 11.9 Å². The molecule has 2 fully saturated rings. The van der Waals surface area contributed by atoms with E-state index < -0.39 is 0 Å². The number of nitrogens with one attached hydrogen (secondary N) is 1. The molecule has 2 saturated heterocycles. The van der Waals surface area contributed by atoms with Crippen LogP contribution in [0.4, 0.5) is 5.69 Å². The van der Waals surface area contributed by atoms with Crippen molar-refractivity contribution in [2.45, 2.75) is 38.3 Å². The number of carbonyl (C=O) groups excluding carboxylic acids is 1. The number of piperidine rings is 2. The van der Waals surface area contributed by atoms with Crippen molar-refractivity contribution in [1.29, 1.82) is 0 Å². The molecule has 0 aromatic heterocycles. The van der Waals surface area contributed by atoms with Crippen molar-refractivity contribution in [2.24, 2.45) is 11.7 Å². The first-order chi connectivity index (χ1) is 10.0. The topological polar surface area (TPSA) is 58.4 Å². The third kappa shape index (κ3) is 3.09. The van der Waals surface area contributed by atoms with Gasteiger partial charge in [0.1, 0.15) is 0 Å². The predicted octanol–water partition coefficient (Wildman–Crippen LogP) is 2.57. The van der Waals surface area contributed by atoms with Gasteiger partial charge in [-0.15, -0.1) is 0 Å². The van der Waals surface area contributed by atoms with Gasteiger partial charge in [-0.1, -0.05) is 22.0 Å². The molecule has 2 heterocycles. The number of fused-ring (bicyclic) bond motifs is 1. The maximum atomic E-state index is 11.5. The lowest BCUT2D eigenvalue weighted by Crippen LogP contribution is -2.54. The minimum absolute atomic E-state index is 0.0349. The Kier molecular flexibility index (Phi) is 4.22. The number of halogens is 1. The van der Waals surface area contributed by atoms with Crippen LogP contribution < -0.4 is 16.0 Å². The normalized spacial score (nSPS) is 27.0. The van der Waals surface area contributed by atoms with Crippen molar-refractivity contribution in [2.75, 3.05) is 18.0 Å². The van der Waals surface area contributed by atoms with Crippen LogP contribution in [0.2, 0.25) is 0 Å². The molecule has 3 atom stereocenters. The number of amides is 1. The van der Waals surface area contributed by atoms with Gasteiger partial charge in [-0.2, -0.15) is 0 Å². The van der Waals surface area contributed by atoms with Gasteiger partial charge in [-0.3, -0.25) is 4.79 Å². The van der Waals surface area contributed by atoms with Crippen molar-refractivity contribution in [3.8, 4) is 0 Å². The number of nitrogens with two attached hydrogens (primary N) is 1. The van der Waals surface area contributed by atoms with Crippen molar-refractivity contribution in [1.82, 2.24) is 5.32 Å². The van der Waals surface area contributed by atoms with Gasteiger partial charge >= 0.3 is 0 Å². The smallest absolute Gasteiger partial charge is 0.220 e. The Morgan fingerprint density at radius 3 is 2.95 bits per heavy atom. The Hall–Kier alpha value is -1.07. The fourth-order valence-electron chi connectivity index (χ4n) is 3.43. The standard InChI is InChI=1S/C16H22BrN3O/c1-10(18)13-4-3-12(8-14(13)17)20-7-6-15-11(9-20)2-5-16(21)19-15/h3-4,8,10-11,15H,2,5-7,9,18H2,1H3,(H,19,21). The molecule has 0 saturated carbocycles. The maximum Gasteiger partial charge on any atom is 0.220 e. The molecule has 114 valence electrons. The van der Waals surface area contributed by atoms with Crippen molar-refractivity contribution >= 4 is 27.5 Å². The number of nitrogens with zero attached hydrogens (tertiary/aromatic N) is 1. The molecule has 4 nitrogen and oxygen atoms in total. The molecule has 1 amide bonds. The summed E-state index contributed by atoms with van der Waals surface area (Å²) in [6.07, 6.45) is 2.71. The molecule has 5 heteroatoms. The molecule has 0 radical (unpaired) electrons. The highest BCUT2D eigenvalue weighted by Crippen LogP contribution is 2.32. The summed E-state index contributed by atoms with van der Waals surface area (Å²) in [6.45, 7) is 4.01. The molecular weight excluding hydrogens is 330 g/mol. The summed E-state index contributed by atoms with van der Waals surface area (Å²) >= 11 is 3.63. The largest absolute Gasteiger partial charge is 0.371 e. The Morgan fingerprint density at radius 2 is 2.24 bits per heavy atom. The first-order valence-corrected chi connectivity index (χ1v) is 8.43. The molecule has 3 unspecified atom stereocenters. The van der Waals surface area contributed by atoms with E-state index in [9.17, 15) is 4.79 Å². The van der Waals surface area contributed by atoms with E-state index in [0.717, 1.165) is 36.0 Å². The molecular formula is C16H22BrN3O. The second-order valence-corrected chi connectivity index (χ2v) is 7.06. The molecule has 1 aromatic rings. The average Bonchev–Trinajstić information content (AvgIpc) is 2.46. The fraction of sp³-hybridized carbons (Fsp3) is 0.562. The van der Waals surface area contributed by atoms with Gasteiger partial charge < -0.3 is 16.0 Å². The van der Waals surface area contributed by atoms with E-state index in [4.69, 9.17) is 5.73 Å². The van der Waals surface area contributed by atoms with Gasteiger partial charge in [0.25, 0.3) is 0 Å². The van der Waals surface area contributed by atoms with Crippen LogP contribution >= 0.6 is 15.9 Å². The lowest BCUT2D eigenvalue weighted by molar-refractivity contribution is -0.124. The number of hydrogen-bond acceptors (Lipinski definition) is 3. The van der Waals surface area contributed by atoms with Crippen LogP contribution in [0.15, 0.2) is 22.7 Å². The molecule has 2 aliphatic heterocycles. The van der Waals surface area contributed by atoms with Crippen LogP contribution in [-0.2, 0) is 4.79 Å². The summed E-state index contributed by atoms with van der Waals surface area (Å²) in [6, 6.07) is 6.84. The lowest BCUT2D eigenvalue weighted by atomic mass is 9.85. The Labute approximate surface area is 134 Å². The first kappa shape index (κ1) is 14.9. The molecule has 1 aromatic carbocycles. The summed E-state index contributed by atoms with van der Waals surface area (Å²) < 4.78 is 1.08. The molecule has 0 bridgehead atoms. The molecule has 21 heavy (non-hydrogen) atoms. The van der Waals surface area contributed by atoms with Gasteiger partial charge in [0, 0.05) is 41.8 Å². The zero-order valence-corrected chi connectivity index (χ0v) is 13.9. The fourth-order valence-corrected chi connectivity index (χ4v) is 4.15. The Morgan fingerprint density at radius 1 is 1.43 bits per heavy atom. The van der Waals surface area contributed by atoms with Crippen LogP contribution in [0.1, 0.15) is 37.8 Å². The zero-order chi connectivity index (χ0) is 15.0. The summed E-state index contributed by atoms with van der Waals surface area (Å²) in [7, 11) is 0. The van der Waals surface area contributed by atoms with Crippen LogP contribution in [0.25, 0.3) is 0 Å². The number of benzene rings is 1. The summed E-state index contributed by atoms with van der Waals surface area (Å²) in [5, 5.41) is 3.13. The Bertz CT molecular complexity index is 546. The first-order valence-electron chi connectivity index (χ1n) is 7.64. The van der Waals surface area contributed by atoms with Gasteiger partial charge in [0.2, 0.25) is 5.91 Å². The van der Waals surface area contributed by atoms with E-state index in [1.54, 1.807) is 0 Å². The van der Waals surface area contributed by atoms with Gasteiger partial charge in [0.15, 0.2) is 0 Å². The SMILES string of the molecule is CC(N)c1ccc(N2CCC3NC(=O)CCC3C2)cc1Br. The van der Waals surface area contributed by atoms with E-state index in [2.05, 4.69) is 44.3 Å². The van der Waals surface area contributed by atoms with E-state index in [0.29, 0.717) is 18.4 Å². The third-order valence-corrected chi connectivity index (χ3v) is 5.35. The van der Waals surface area contributed by atoms with Gasteiger partial charge in [0.05, 0.1) is 0 Å². The average molecular weight is 352 g/mol. The van der Waals surface area contributed by atoms with E-state index in [1.165, 1.54) is 5.69 Å². The highest BCUT2D eigenvalue weighted by molar-refractivity contribution is 9.10. The maximum absolute atomic E-state index is 11.5. The second-order valence-electron chi connectivity index (χ2n) is 6.20. The van der Waals surface area contributed by atoms with Crippen LogP contribution in [0.5, 0.6) is 0 Å². The summed E-state index contributed by atoms with van der Waals surface area (Å²) in [4.78, 5) is 13.9. The van der Waals surface area contributed by atoms with E-state index in [1.807, 2.05) is 6.92 Å². The number of carbonyl (C=O) groups is 1. The highest BCUT2D eigenvalue weighted by atomic mass is 79.9. The minimum atomic E-state index is 0.0349. The molecule has 0 spiro atoms. The van der Waals surface area contributed by atoms with Crippen LogP contribution in [0, 0.1) is 5.92 Å². The zero-order valence-electron chi connectivity index (χ0n) is 12.3. The lowest BCUT2D eigenvalue weighted by Gasteiger charge is -2.42. The molecule has 2 aliphatic rings. The Balaban J connectivity index is 1.73. The van der Waals surface area contributed by atoms with Gasteiger partial charge in [-0.05, 0) is 43.4 Å². The van der Waals surface area contributed by atoms with Crippen molar-refractivity contribution in [3.63, 3.8) is 0 Å². The van der Waals surface area contributed by atoms with Crippen LogP contribution in [-0.4, -0.2) is 25.0 Å². The monoisotopic (exact) mass is 351 g/mol. The summed E-state index contributed by atoms with van der Waals surface area (Å²) in [5.74, 6) is 0.789. The quantitative estimate of drug-likeness (QED) is 0.860. The minimum Gasteiger partial charge on any atom is -0.371 e. The predicted molar refractivity (Wildman–Crippen MR) is 88.2 cm³/mol. The number of hydrogen-bond donors (Lipinski definition) is 2. The van der Waals surface area contributed by atoms with Crippen LogP contribution in [0.3, 0.4) is 0 Å². The second kappa shape index (κ2) is 5.97. The molecule has 3 N–H and O–H groups in total. The van der Waals surface area contributed by atoms with Crippen molar-refractivity contribution < 1.29 is 4.79 Å². The molecule has 0 aliphatic carbocycles.